The molecule has 3 aromatic rings. The molecule has 1 aromatic carbocycles. The van der Waals surface area contributed by atoms with E-state index in [0.29, 0.717) is 0 Å². The predicted octanol–water partition coefficient (Wildman–Crippen LogP) is 3.18. The number of nitrogens with zero attached hydrogens (tertiary/aromatic N) is 4. The summed E-state index contributed by atoms with van der Waals surface area (Å²) >= 11 is 1.41. The molecule has 0 spiro atoms. The van der Waals surface area contributed by atoms with Crippen LogP contribution in [0, 0.1) is 0 Å². The van der Waals surface area contributed by atoms with Crippen LogP contribution in [-0.2, 0) is 4.79 Å². The Labute approximate surface area is 157 Å². The highest BCUT2D eigenvalue weighted by Crippen LogP contribution is 2.25. The molecule has 1 aliphatic heterocycles. The second-order valence-corrected chi connectivity index (χ2v) is 7.82. The van der Waals surface area contributed by atoms with Gasteiger partial charge in [0.05, 0.1) is 11.0 Å². The number of thioether (sulfide) groups is 1. The summed E-state index contributed by atoms with van der Waals surface area (Å²) in [6, 6.07) is 12.5. The molecule has 5 nitrogen and oxygen atoms in total. The van der Waals surface area contributed by atoms with Crippen LogP contribution in [-0.4, -0.2) is 58.5 Å². The van der Waals surface area contributed by atoms with E-state index in [0.717, 1.165) is 66.1 Å². The van der Waals surface area contributed by atoms with Crippen molar-refractivity contribution in [3.63, 3.8) is 0 Å². The van der Waals surface area contributed by atoms with Crippen molar-refractivity contribution >= 4 is 44.5 Å². The third kappa shape index (κ3) is 3.66. The van der Waals surface area contributed by atoms with E-state index < -0.39 is 0 Å². The number of piperazine rings is 1. The number of pyridine rings is 2. The summed E-state index contributed by atoms with van der Waals surface area (Å²) in [5.41, 5.74) is 1.94. The van der Waals surface area contributed by atoms with Gasteiger partial charge < -0.3 is 4.90 Å². The molecule has 0 unspecified atom stereocenters. The second-order valence-electron chi connectivity index (χ2n) is 6.55. The van der Waals surface area contributed by atoms with Crippen molar-refractivity contribution in [1.29, 1.82) is 0 Å². The highest BCUT2D eigenvalue weighted by Gasteiger charge is 2.18. The van der Waals surface area contributed by atoms with Crippen molar-refractivity contribution in [3.8, 4) is 0 Å². The molecule has 0 amide bonds. The molecule has 0 bridgehead atoms. The van der Waals surface area contributed by atoms with Gasteiger partial charge in [-0.3, -0.25) is 14.7 Å². The molecule has 6 heteroatoms. The van der Waals surface area contributed by atoms with Gasteiger partial charge in [-0.15, -0.1) is 0 Å². The van der Waals surface area contributed by atoms with Gasteiger partial charge in [-0.1, -0.05) is 30.0 Å². The smallest absolute Gasteiger partial charge is 0.185 e. The average Bonchev–Trinajstić information content (AvgIpc) is 2.68. The molecule has 0 radical (unpaired) electrons. The topological polar surface area (TPSA) is 49.3 Å². The van der Waals surface area contributed by atoms with Gasteiger partial charge in [0.1, 0.15) is 5.82 Å². The van der Waals surface area contributed by atoms with Crippen molar-refractivity contribution < 1.29 is 4.79 Å². The van der Waals surface area contributed by atoms with E-state index in [1.54, 1.807) is 6.92 Å². The lowest BCUT2D eigenvalue weighted by Gasteiger charge is -2.35. The zero-order valence-corrected chi connectivity index (χ0v) is 15.7. The molecule has 3 heterocycles. The Morgan fingerprint density at radius 2 is 1.77 bits per heavy atom. The van der Waals surface area contributed by atoms with Gasteiger partial charge in [0.25, 0.3) is 0 Å². The van der Waals surface area contributed by atoms with Crippen molar-refractivity contribution in [1.82, 2.24) is 14.9 Å². The maximum absolute atomic E-state index is 11.0. The maximum Gasteiger partial charge on any atom is 0.185 e. The summed E-state index contributed by atoms with van der Waals surface area (Å²) in [4.78, 5) is 25.3. The lowest BCUT2D eigenvalue weighted by Crippen LogP contribution is -2.47. The van der Waals surface area contributed by atoms with E-state index in [1.807, 2.05) is 12.3 Å². The number of fused-ring (bicyclic) bond motifs is 3. The van der Waals surface area contributed by atoms with E-state index in [4.69, 9.17) is 4.98 Å². The maximum atomic E-state index is 11.0. The van der Waals surface area contributed by atoms with Crippen LogP contribution in [0.2, 0.25) is 0 Å². The molecule has 2 aromatic heterocycles. The number of carbonyl (C=O) groups is 1. The van der Waals surface area contributed by atoms with Crippen molar-refractivity contribution in [2.24, 2.45) is 0 Å². The molecular formula is C20H22N4OS. The quantitative estimate of drug-likeness (QED) is 0.661. The van der Waals surface area contributed by atoms with Gasteiger partial charge in [0.15, 0.2) is 5.12 Å². The largest absolute Gasteiger partial charge is 0.354 e. The predicted molar refractivity (Wildman–Crippen MR) is 109 cm³/mol. The van der Waals surface area contributed by atoms with E-state index in [2.05, 4.69) is 45.1 Å². The first-order valence-corrected chi connectivity index (χ1v) is 9.94. The number of anilines is 1. The number of carbonyl (C=O) groups excluding carboxylic acids is 1. The van der Waals surface area contributed by atoms with Crippen LogP contribution in [0.15, 0.2) is 42.6 Å². The third-order valence-electron chi connectivity index (χ3n) is 4.83. The molecule has 0 N–H and O–H groups in total. The zero-order valence-electron chi connectivity index (χ0n) is 14.9. The minimum atomic E-state index is 0.199. The normalized spacial score (nSPS) is 15.7. The average molecular weight is 366 g/mol. The fraction of sp³-hybridized carbons (Fsp3) is 0.350. The first-order valence-electron chi connectivity index (χ1n) is 8.96. The fourth-order valence-corrected chi connectivity index (χ4v) is 4.05. The Balaban J connectivity index is 1.49. The van der Waals surface area contributed by atoms with Gasteiger partial charge in [0.2, 0.25) is 0 Å². The van der Waals surface area contributed by atoms with Crippen LogP contribution in [0.5, 0.6) is 0 Å². The monoisotopic (exact) mass is 366 g/mol. The van der Waals surface area contributed by atoms with Crippen LogP contribution < -0.4 is 4.90 Å². The fourth-order valence-electron chi connectivity index (χ4n) is 3.41. The lowest BCUT2D eigenvalue weighted by atomic mass is 10.1. The number of rotatable bonds is 4. The Bertz CT molecular complexity index is 937. The lowest BCUT2D eigenvalue weighted by molar-refractivity contribution is -0.109. The Morgan fingerprint density at radius 1 is 1.04 bits per heavy atom. The number of hydrogen-bond donors (Lipinski definition) is 0. The molecule has 0 atom stereocenters. The minimum absolute atomic E-state index is 0.199. The van der Waals surface area contributed by atoms with Gasteiger partial charge in [-0.05, 0) is 18.2 Å². The highest BCUT2D eigenvalue weighted by molar-refractivity contribution is 8.13. The van der Waals surface area contributed by atoms with E-state index >= 15 is 0 Å². The van der Waals surface area contributed by atoms with Gasteiger partial charge in [0, 0.05) is 62.4 Å². The number of aromatic nitrogens is 2. The summed E-state index contributed by atoms with van der Waals surface area (Å²) in [5.74, 6) is 1.90. The van der Waals surface area contributed by atoms with Crippen molar-refractivity contribution in [3.05, 3.63) is 42.6 Å². The van der Waals surface area contributed by atoms with E-state index in [9.17, 15) is 4.79 Å². The number of benzene rings is 1. The van der Waals surface area contributed by atoms with Gasteiger partial charge in [-0.25, -0.2) is 4.98 Å². The van der Waals surface area contributed by atoms with Crippen LogP contribution in [0.1, 0.15) is 6.92 Å². The molecule has 0 aliphatic carbocycles. The molecular weight excluding hydrogens is 344 g/mol. The molecule has 1 fully saturated rings. The molecule has 4 rings (SSSR count). The van der Waals surface area contributed by atoms with Gasteiger partial charge >= 0.3 is 0 Å². The molecule has 1 aliphatic rings. The molecule has 0 saturated carbocycles. The summed E-state index contributed by atoms with van der Waals surface area (Å²) in [6.45, 7) is 6.53. The molecule has 26 heavy (non-hydrogen) atoms. The SMILES string of the molecule is CC(=O)SCCN1CCN(c2ccc3ccc4cccnc4c3n2)CC1. The van der Waals surface area contributed by atoms with E-state index in [1.165, 1.54) is 11.8 Å². The van der Waals surface area contributed by atoms with Gasteiger partial charge in [-0.2, -0.15) is 0 Å². The summed E-state index contributed by atoms with van der Waals surface area (Å²) in [7, 11) is 0. The first kappa shape index (κ1) is 17.2. The van der Waals surface area contributed by atoms with E-state index in [-0.39, 0.29) is 5.12 Å². The van der Waals surface area contributed by atoms with Crippen molar-refractivity contribution in [2.45, 2.75) is 6.92 Å². The van der Waals surface area contributed by atoms with Crippen LogP contribution in [0.4, 0.5) is 5.82 Å². The summed E-state index contributed by atoms with van der Waals surface area (Å²) in [5, 5.41) is 2.45. The molecule has 134 valence electrons. The summed E-state index contributed by atoms with van der Waals surface area (Å²) in [6.07, 6.45) is 1.83. The number of hydrogen-bond acceptors (Lipinski definition) is 6. The zero-order chi connectivity index (χ0) is 17.9. The highest BCUT2D eigenvalue weighted by atomic mass is 32.2. The Kier molecular flexibility index (Phi) is 5.04. The van der Waals surface area contributed by atoms with Crippen LogP contribution in [0.25, 0.3) is 21.8 Å². The standard InChI is InChI=1S/C20H22N4OS/c1-15(25)26-14-13-23-9-11-24(12-10-23)18-7-6-17-5-4-16-3-2-8-21-19(16)20(17)22-18/h2-8H,9-14H2,1H3. The Hall–Kier alpha value is -2.18. The second kappa shape index (κ2) is 7.60. The third-order valence-corrected chi connectivity index (χ3v) is 5.62. The summed E-state index contributed by atoms with van der Waals surface area (Å²) < 4.78 is 0. The van der Waals surface area contributed by atoms with Crippen molar-refractivity contribution in [2.75, 3.05) is 43.4 Å². The van der Waals surface area contributed by atoms with Crippen LogP contribution >= 0.6 is 11.8 Å². The Morgan fingerprint density at radius 3 is 2.54 bits per heavy atom. The first-order chi connectivity index (χ1) is 12.7. The minimum Gasteiger partial charge on any atom is -0.354 e. The molecule has 1 saturated heterocycles. The van der Waals surface area contributed by atoms with Crippen LogP contribution in [0.3, 0.4) is 0 Å².